The molecule has 0 bridgehead atoms. The monoisotopic (exact) mass is 619 g/mol. The van der Waals surface area contributed by atoms with Crippen molar-refractivity contribution in [3.63, 3.8) is 0 Å². The van der Waals surface area contributed by atoms with Gasteiger partial charge in [0.15, 0.2) is 0 Å². The molecule has 0 aliphatic carbocycles. The summed E-state index contributed by atoms with van der Waals surface area (Å²) in [4.78, 5) is 0. The maximum Gasteiger partial charge on any atom is 0.0992 e. The van der Waals surface area contributed by atoms with Crippen molar-refractivity contribution >= 4 is 63.0 Å². The molecule has 0 aliphatic rings. The molecule has 0 unspecified atom stereocenters. The van der Waals surface area contributed by atoms with E-state index in [0.717, 1.165) is 27.8 Å². The van der Waals surface area contributed by atoms with Gasteiger partial charge in [0.1, 0.15) is 0 Å². The van der Waals surface area contributed by atoms with E-state index in [4.69, 9.17) is 0 Å². The first kappa shape index (κ1) is 26.8. The minimum absolute atomic E-state index is 0.651. The fourth-order valence-electron chi connectivity index (χ4n) is 6.84. The van der Waals surface area contributed by atoms with Crippen molar-refractivity contribution < 1.29 is 0 Å². The summed E-state index contributed by atoms with van der Waals surface area (Å²) in [6.45, 7) is 0. The summed E-state index contributed by atoms with van der Waals surface area (Å²) in [6, 6.07) is 56.6. The van der Waals surface area contributed by atoms with E-state index in [9.17, 15) is 5.26 Å². The summed E-state index contributed by atoms with van der Waals surface area (Å²) >= 11 is 3.68. The minimum atomic E-state index is 0.651. The smallest absolute Gasteiger partial charge is 0.0992 e. The highest BCUT2D eigenvalue weighted by molar-refractivity contribution is 7.26. The predicted molar refractivity (Wildman–Crippen MR) is 199 cm³/mol. The van der Waals surface area contributed by atoms with Crippen LogP contribution in [0.5, 0.6) is 0 Å². The van der Waals surface area contributed by atoms with Gasteiger partial charge in [-0.3, -0.25) is 0 Å². The zero-order valence-corrected chi connectivity index (χ0v) is 26.3. The van der Waals surface area contributed by atoms with Crippen LogP contribution >= 0.6 is 22.7 Å². The molecule has 0 atom stereocenters. The Balaban J connectivity index is 1.36. The lowest BCUT2D eigenvalue weighted by Crippen LogP contribution is -1.91. The van der Waals surface area contributed by atoms with Gasteiger partial charge in [0.2, 0.25) is 0 Å². The molecule has 0 radical (unpaired) electrons. The van der Waals surface area contributed by atoms with E-state index in [1.54, 1.807) is 0 Å². The Hall–Kier alpha value is -5.53. The maximum absolute atomic E-state index is 10.2. The van der Waals surface area contributed by atoms with Crippen LogP contribution < -0.4 is 0 Å². The molecule has 0 amide bonds. The predicted octanol–water partition coefficient (Wildman–Crippen LogP) is 13.0. The second-order valence-electron chi connectivity index (χ2n) is 11.6. The topological polar surface area (TPSA) is 23.8 Å². The van der Waals surface area contributed by atoms with Crippen molar-refractivity contribution in [2.45, 2.75) is 0 Å². The van der Waals surface area contributed by atoms with Crippen molar-refractivity contribution in [1.29, 1.82) is 5.26 Å². The second-order valence-corrected chi connectivity index (χ2v) is 13.8. The molecular formula is C43H25NS2. The van der Waals surface area contributed by atoms with Gasteiger partial charge in [-0.25, -0.2) is 0 Å². The number of nitrogens with zero attached hydrogens (tertiary/aromatic N) is 1. The Morgan fingerprint density at radius 2 is 0.957 bits per heavy atom. The van der Waals surface area contributed by atoms with E-state index in [1.165, 1.54) is 57.0 Å². The zero-order valence-electron chi connectivity index (χ0n) is 24.7. The molecule has 9 rings (SSSR count). The highest BCUT2D eigenvalue weighted by Crippen LogP contribution is 2.46. The standard InChI is InChI=1S/C43H25NS2/c44-26-27-22-30(28-10-2-1-3-11-28)24-31(23-27)37-25-29(32-14-8-18-40-42(32)35-12-4-6-16-38(35)45-40)20-21-33(37)34-15-9-19-41-43(34)36-13-5-7-17-39(36)46-41/h1-25H. The van der Waals surface area contributed by atoms with Crippen LogP contribution in [0.2, 0.25) is 0 Å². The summed E-state index contributed by atoms with van der Waals surface area (Å²) in [7, 11) is 0. The van der Waals surface area contributed by atoms with E-state index in [-0.39, 0.29) is 0 Å². The van der Waals surface area contributed by atoms with Crippen molar-refractivity contribution in [2.24, 2.45) is 0 Å². The quantitative estimate of drug-likeness (QED) is 0.192. The number of fused-ring (bicyclic) bond motifs is 6. The lowest BCUT2D eigenvalue weighted by atomic mass is 9.87. The molecule has 1 nitrogen and oxygen atoms in total. The Morgan fingerprint density at radius 1 is 0.370 bits per heavy atom. The summed E-state index contributed by atoms with van der Waals surface area (Å²) < 4.78 is 5.15. The summed E-state index contributed by atoms with van der Waals surface area (Å²) in [5.41, 5.74) is 9.70. The Morgan fingerprint density at radius 3 is 1.65 bits per heavy atom. The average Bonchev–Trinajstić information content (AvgIpc) is 3.70. The third-order valence-corrected chi connectivity index (χ3v) is 11.2. The van der Waals surface area contributed by atoms with Crippen LogP contribution in [0.1, 0.15) is 5.56 Å². The Labute approximate surface area is 274 Å². The van der Waals surface area contributed by atoms with E-state index >= 15 is 0 Å². The van der Waals surface area contributed by atoms with Gasteiger partial charge in [-0.15, -0.1) is 22.7 Å². The third kappa shape index (κ3) is 4.35. The van der Waals surface area contributed by atoms with Crippen LogP contribution in [-0.2, 0) is 0 Å². The lowest BCUT2D eigenvalue weighted by Gasteiger charge is -2.16. The van der Waals surface area contributed by atoms with Crippen molar-refractivity contribution in [3.05, 3.63) is 157 Å². The number of hydrogen-bond donors (Lipinski definition) is 0. The highest BCUT2D eigenvalue weighted by Gasteiger charge is 2.18. The van der Waals surface area contributed by atoms with Crippen LogP contribution in [0.4, 0.5) is 0 Å². The number of thiophene rings is 2. The largest absolute Gasteiger partial charge is 0.192 e. The second kappa shape index (κ2) is 10.8. The van der Waals surface area contributed by atoms with Crippen molar-refractivity contribution in [1.82, 2.24) is 0 Å². The molecule has 2 aromatic heterocycles. The summed E-state index contributed by atoms with van der Waals surface area (Å²) in [6.07, 6.45) is 0. The molecule has 0 aliphatic heterocycles. The number of benzene rings is 7. The van der Waals surface area contributed by atoms with Crippen LogP contribution in [0.3, 0.4) is 0 Å². The van der Waals surface area contributed by atoms with Gasteiger partial charge in [0.25, 0.3) is 0 Å². The van der Waals surface area contributed by atoms with E-state index in [1.807, 2.05) is 53.0 Å². The first-order valence-electron chi connectivity index (χ1n) is 15.3. The van der Waals surface area contributed by atoms with Gasteiger partial charge in [0, 0.05) is 40.3 Å². The van der Waals surface area contributed by atoms with Crippen LogP contribution in [0, 0.1) is 11.3 Å². The van der Waals surface area contributed by atoms with Crippen LogP contribution in [-0.4, -0.2) is 0 Å². The van der Waals surface area contributed by atoms with E-state index in [0.29, 0.717) is 5.56 Å². The maximum atomic E-state index is 10.2. The van der Waals surface area contributed by atoms with E-state index in [2.05, 4.69) is 127 Å². The molecule has 0 N–H and O–H groups in total. The molecule has 0 saturated carbocycles. The lowest BCUT2D eigenvalue weighted by molar-refractivity contribution is 1.48. The fraction of sp³-hybridized carbons (Fsp3) is 0. The van der Waals surface area contributed by atoms with Gasteiger partial charge in [-0.2, -0.15) is 5.26 Å². The van der Waals surface area contributed by atoms with Gasteiger partial charge in [-0.1, -0.05) is 103 Å². The fourth-order valence-corrected chi connectivity index (χ4v) is 9.11. The molecule has 7 aromatic carbocycles. The number of rotatable bonds is 4. The molecule has 2 heterocycles. The van der Waals surface area contributed by atoms with Crippen molar-refractivity contribution in [3.8, 4) is 50.6 Å². The van der Waals surface area contributed by atoms with Crippen LogP contribution in [0.25, 0.3) is 84.9 Å². The molecule has 0 fully saturated rings. The molecule has 0 saturated heterocycles. The molecule has 3 heteroatoms. The average molecular weight is 620 g/mol. The van der Waals surface area contributed by atoms with Gasteiger partial charge in [-0.05, 0) is 93.0 Å². The van der Waals surface area contributed by atoms with Crippen LogP contribution in [0.15, 0.2) is 152 Å². The minimum Gasteiger partial charge on any atom is -0.192 e. The van der Waals surface area contributed by atoms with Gasteiger partial charge >= 0.3 is 0 Å². The SMILES string of the molecule is N#Cc1cc(-c2ccccc2)cc(-c2cc(-c3cccc4sc5ccccc5c34)ccc2-c2cccc3sc4ccccc4c23)c1. The molecule has 0 spiro atoms. The molecule has 46 heavy (non-hydrogen) atoms. The Bertz CT molecular complexity index is 2650. The molecule has 9 aromatic rings. The van der Waals surface area contributed by atoms with Crippen molar-refractivity contribution in [2.75, 3.05) is 0 Å². The normalized spacial score (nSPS) is 11.5. The zero-order chi connectivity index (χ0) is 30.6. The first-order chi connectivity index (χ1) is 22.7. The Kier molecular flexibility index (Phi) is 6.31. The molecular weight excluding hydrogens is 595 g/mol. The third-order valence-electron chi connectivity index (χ3n) is 8.91. The first-order valence-corrected chi connectivity index (χ1v) is 16.9. The van der Waals surface area contributed by atoms with Gasteiger partial charge < -0.3 is 0 Å². The number of nitriles is 1. The van der Waals surface area contributed by atoms with E-state index < -0.39 is 0 Å². The molecule has 214 valence electrons. The summed E-state index contributed by atoms with van der Waals surface area (Å²) in [5, 5.41) is 15.3. The highest BCUT2D eigenvalue weighted by atomic mass is 32.1. The summed E-state index contributed by atoms with van der Waals surface area (Å²) in [5.74, 6) is 0. The van der Waals surface area contributed by atoms with Gasteiger partial charge in [0.05, 0.1) is 11.6 Å². The number of hydrogen-bond acceptors (Lipinski definition) is 3.